The fraction of sp³-hybridized carbons (Fsp3) is 0.385. The van der Waals surface area contributed by atoms with E-state index in [2.05, 4.69) is 40.8 Å². The summed E-state index contributed by atoms with van der Waals surface area (Å²) in [5, 5.41) is 4.23. The minimum atomic E-state index is 0.356. The first-order valence-electron chi connectivity index (χ1n) is 5.48. The smallest absolute Gasteiger partial charge is 0.0417 e. The largest absolute Gasteiger partial charge is 0.310 e. The van der Waals surface area contributed by atoms with E-state index in [1.807, 2.05) is 18.2 Å². The molecule has 1 atom stereocenters. The Hall–Kier alpha value is -0.310. The van der Waals surface area contributed by atoms with Gasteiger partial charge in [0.15, 0.2) is 0 Å². The number of hydrogen-bond donors (Lipinski definition) is 1. The third-order valence-corrected chi connectivity index (χ3v) is 3.37. The normalized spacial score (nSPS) is 12.4. The highest BCUT2D eigenvalue weighted by Gasteiger charge is 2.12. The van der Waals surface area contributed by atoms with E-state index in [1.165, 1.54) is 5.56 Å². The quantitative estimate of drug-likeness (QED) is 0.750. The summed E-state index contributed by atoms with van der Waals surface area (Å²) in [5.41, 5.74) is 1.26. The Bertz CT molecular complexity index is 352. The van der Waals surface area contributed by atoms with Gasteiger partial charge in [-0.05, 0) is 37.1 Å². The monoisotopic (exact) mass is 301 g/mol. The Morgan fingerprint density at radius 3 is 2.88 bits per heavy atom. The van der Waals surface area contributed by atoms with Crippen molar-refractivity contribution in [2.75, 3.05) is 6.54 Å². The minimum absolute atomic E-state index is 0.356. The van der Waals surface area contributed by atoms with Crippen molar-refractivity contribution in [3.05, 3.63) is 45.9 Å². The molecule has 1 rings (SSSR count). The first kappa shape index (κ1) is 13.8. The van der Waals surface area contributed by atoms with Crippen LogP contribution >= 0.6 is 27.5 Å². The van der Waals surface area contributed by atoms with Gasteiger partial charge in [-0.25, -0.2) is 0 Å². The van der Waals surface area contributed by atoms with Gasteiger partial charge < -0.3 is 5.32 Å². The van der Waals surface area contributed by atoms with E-state index < -0.39 is 0 Å². The average Bonchev–Trinajstić information content (AvgIpc) is 2.25. The lowest BCUT2D eigenvalue weighted by Crippen LogP contribution is -2.21. The average molecular weight is 303 g/mol. The molecule has 1 aromatic carbocycles. The SMILES string of the molecule is C=CCCC(NCC)c1ccc(Cl)cc1Br. The summed E-state index contributed by atoms with van der Waals surface area (Å²) in [7, 11) is 0. The van der Waals surface area contributed by atoms with Crippen LogP contribution in [0.1, 0.15) is 31.4 Å². The molecule has 88 valence electrons. The summed E-state index contributed by atoms with van der Waals surface area (Å²) >= 11 is 9.50. The van der Waals surface area contributed by atoms with Gasteiger partial charge in [0, 0.05) is 15.5 Å². The van der Waals surface area contributed by atoms with Gasteiger partial charge in [0.2, 0.25) is 0 Å². The van der Waals surface area contributed by atoms with E-state index in [0.29, 0.717) is 6.04 Å². The molecule has 0 saturated heterocycles. The zero-order valence-corrected chi connectivity index (χ0v) is 11.8. The minimum Gasteiger partial charge on any atom is -0.310 e. The lowest BCUT2D eigenvalue weighted by Gasteiger charge is -2.19. The molecule has 0 aliphatic heterocycles. The van der Waals surface area contributed by atoms with Crippen LogP contribution in [-0.4, -0.2) is 6.54 Å². The summed E-state index contributed by atoms with van der Waals surface area (Å²) < 4.78 is 1.06. The van der Waals surface area contributed by atoms with Gasteiger partial charge in [0.1, 0.15) is 0 Å². The molecular weight excluding hydrogens is 286 g/mol. The summed E-state index contributed by atoms with van der Waals surface area (Å²) in [6, 6.07) is 6.30. The Kier molecular flexibility index (Phi) is 6.10. The molecule has 0 heterocycles. The summed E-state index contributed by atoms with van der Waals surface area (Å²) in [6.45, 7) is 6.83. The fourth-order valence-electron chi connectivity index (χ4n) is 1.68. The van der Waals surface area contributed by atoms with Crippen molar-refractivity contribution in [3.8, 4) is 0 Å². The predicted molar refractivity (Wildman–Crippen MR) is 75.0 cm³/mol. The summed E-state index contributed by atoms with van der Waals surface area (Å²) in [6.07, 6.45) is 4.01. The van der Waals surface area contributed by atoms with Crippen molar-refractivity contribution in [1.29, 1.82) is 0 Å². The number of benzene rings is 1. The highest BCUT2D eigenvalue weighted by atomic mass is 79.9. The second-order valence-electron chi connectivity index (χ2n) is 3.64. The summed E-state index contributed by atoms with van der Waals surface area (Å²) in [4.78, 5) is 0. The van der Waals surface area contributed by atoms with Gasteiger partial charge in [-0.1, -0.05) is 46.6 Å². The van der Waals surface area contributed by atoms with Crippen LogP contribution in [0.2, 0.25) is 5.02 Å². The number of halogens is 2. The second-order valence-corrected chi connectivity index (χ2v) is 4.93. The first-order valence-corrected chi connectivity index (χ1v) is 6.65. The van der Waals surface area contributed by atoms with E-state index in [4.69, 9.17) is 11.6 Å². The molecule has 0 bridgehead atoms. The topological polar surface area (TPSA) is 12.0 Å². The van der Waals surface area contributed by atoms with E-state index in [0.717, 1.165) is 28.9 Å². The number of hydrogen-bond acceptors (Lipinski definition) is 1. The molecule has 0 aliphatic rings. The van der Waals surface area contributed by atoms with Gasteiger partial charge in [0.05, 0.1) is 0 Å². The lowest BCUT2D eigenvalue weighted by atomic mass is 10.0. The molecule has 0 fully saturated rings. The van der Waals surface area contributed by atoms with Gasteiger partial charge in [-0.15, -0.1) is 6.58 Å². The molecule has 1 N–H and O–H groups in total. The van der Waals surface area contributed by atoms with Crippen LogP contribution in [-0.2, 0) is 0 Å². The van der Waals surface area contributed by atoms with Crippen molar-refractivity contribution in [2.45, 2.75) is 25.8 Å². The Morgan fingerprint density at radius 1 is 1.56 bits per heavy atom. The van der Waals surface area contributed by atoms with E-state index in [1.54, 1.807) is 0 Å². The number of allylic oxidation sites excluding steroid dienone is 1. The Balaban J connectivity index is 2.86. The zero-order chi connectivity index (χ0) is 12.0. The van der Waals surface area contributed by atoms with Crippen LogP contribution in [0.4, 0.5) is 0 Å². The zero-order valence-electron chi connectivity index (χ0n) is 9.47. The molecule has 0 saturated carbocycles. The van der Waals surface area contributed by atoms with Crippen LogP contribution in [0.3, 0.4) is 0 Å². The van der Waals surface area contributed by atoms with Gasteiger partial charge in [-0.2, -0.15) is 0 Å². The highest BCUT2D eigenvalue weighted by molar-refractivity contribution is 9.10. The number of rotatable bonds is 6. The Labute approximate surface area is 111 Å². The highest BCUT2D eigenvalue weighted by Crippen LogP contribution is 2.29. The van der Waals surface area contributed by atoms with Gasteiger partial charge in [-0.3, -0.25) is 0 Å². The molecule has 0 aliphatic carbocycles. The molecule has 0 aromatic heterocycles. The summed E-state index contributed by atoms with van der Waals surface area (Å²) in [5.74, 6) is 0. The molecule has 0 spiro atoms. The standard InChI is InChI=1S/C13H17BrClN/c1-3-5-6-13(16-4-2)11-8-7-10(15)9-12(11)14/h3,7-9,13,16H,1,4-6H2,2H3. The van der Waals surface area contributed by atoms with Crippen molar-refractivity contribution in [1.82, 2.24) is 5.32 Å². The first-order chi connectivity index (χ1) is 7.69. The molecule has 3 heteroatoms. The lowest BCUT2D eigenvalue weighted by molar-refractivity contribution is 0.518. The van der Waals surface area contributed by atoms with E-state index in [-0.39, 0.29) is 0 Å². The van der Waals surface area contributed by atoms with Crippen molar-refractivity contribution < 1.29 is 0 Å². The number of nitrogens with one attached hydrogen (secondary N) is 1. The van der Waals surface area contributed by atoms with E-state index >= 15 is 0 Å². The van der Waals surface area contributed by atoms with Crippen molar-refractivity contribution in [2.24, 2.45) is 0 Å². The van der Waals surface area contributed by atoms with Crippen LogP contribution in [0.25, 0.3) is 0 Å². The van der Waals surface area contributed by atoms with Gasteiger partial charge in [0.25, 0.3) is 0 Å². The second kappa shape index (κ2) is 7.10. The molecule has 1 nitrogen and oxygen atoms in total. The van der Waals surface area contributed by atoms with Crippen LogP contribution in [0.5, 0.6) is 0 Å². The van der Waals surface area contributed by atoms with Crippen LogP contribution < -0.4 is 5.32 Å². The van der Waals surface area contributed by atoms with E-state index in [9.17, 15) is 0 Å². The molecule has 0 radical (unpaired) electrons. The van der Waals surface area contributed by atoms with Crippen molar-refractivity contribution in [3.63, 3.8) is 0 Å². The predicted octanol–water partition coefficient (Wildman–Crippen LogP) is 4.72. The maximum absolute atomic E-state index is 5.94. The Morgan fingerprint density at radius 2 is 2.31 bits per heavy atom. The molecule has 1 unspecified atom stereocenters. The third-order valence-electron chi connectivity index (χ3n) is 2.45. The molecule has 1 aromatic rings. The van der Waals surface area contributed by atoms with Crippen LogP contribution in [0, 0.1) is 0 Å². The third kappa shape index (κ3) is 3.93. The van der Waals surface area contributed by atoms with Crippen LogP contribution in [0.15, 0.2) is 35.3 Å². The maximum atomic E-state index is 5.94. The fourth-order valence-corrected chi connectivity index (χ4v) is 2.64. The van der Waals surface area contributed by atoms with Gasteiger partial charge >= 0.3 is 0 Å². The molecule has 16 heavy (non-hydrogen) atoms. The molecule has 0 amide bonds. The molecular formula is C13H17BrClN. The maximum Gasteiger partial charge on any atom is 0.0417 e. The van der Waals surface area contributed by atoms with Crippen molar-refractivity contribution >= 4 is 27.5 Å².